The third kappa shape index (κ3) is 3.26. The van der Waals surface area contributed by atoms with Crippen molar-refractivity contribution in [2.45, 2.75) is 12.5 Å². The van der Waals surface area contributed by atoms with Crippen LogP contribution < -0.4 is 5.56 Å². The van der Waals surface area contributed by atoms with Gasteiger partial charge in [0.25, 0.3) is 5.56 Å². The van der Waals surface area contributed by atoms with Crippen LogP contribution in [0.25, 0.3) is 10.8 Å². The number of hydrogen-bond acceptors (Lipinski definition) is 4. The van der Waals surface area contributed by atoms with Gasteiger partial charge < -0.3 is 0 Å². The van der Waals surface area contributed by atoms with E-state index >= 15 is 0 Å². The number of aromatic nitrogens is 3. The highest BCUT2D eigenvalue weighted by Crippen LogP contribution is 2.26. The van der Waals surface area contributed by atoms with Crippen molar-refractivity contribution in [3.05, 3.63) is 105 Å². The first-order valence-corrected chi connectivity index (χ1v) is 9.08. The molecule has 0 radical (unpaired) electrons. The number of hydrogen-bond donors (Lipinski definition) is 0. The maximum atomic E-state index is 13.1. The predicted molar refractivity (Wildman–Crippen MR) is 108 cm³/mol. The monoisotopic (exact) mass is 386 g/mol. The van der Waals surface area contributed by atoms with E-state index in [0.29, 0.717) is 5.56 Å². The van der Waals surface area contributed by atoms with Crippen LogP contribution in [0.2, 0.25) is 5.02 Å². The molecule has 0 fully saturated rings. The van der Waals surface area contributed by atoms with E-state index in [4.69, 9.17) is 11.6 Å². The molecule has 0 amide bonds. The van der Waals surface area contributed by atoms with E-state index in [1.807, 2.05) is 42.5 Å². The van der Waals surface area contributed by atoms with Gasteiger partial charge in [-0.2, -0.15) is 10.4 Å². The van der Waals surface area contributed by atoms with Crippen molar-refractivity contribution < 1.29 is 0 Å². The highest BCUT2D eigenvalue weighted by Gasteiger charge is 2.22. The fraction of sp³-hybridized carbons (Fsp3) is 0.0909. The molecule has 0 saturated carbocycles. The summed E-state index contributed by atoms with van der Waals surface area (Å²) < 4.78 is 1.35. The Balaban J connectivity index is 1.81. The summed E-state index contributed by atoms with van der Waals surface area (Å²) in [6.45, 7) is 0.287. The minimum Gasteiger partial charge on any atom is -0.267 e. The summed E-state index contributed by atoms with van der Waals surface area (Å²) >= 11 is 6.28. The van der Waals surface area contributed by atoms with Crippen LogP contribution in [0, 0.1) is 11.3 Å². The molecule has 5 nitrogen and oxygen atoms in total. The molecule has 6 heteroatoms. The fourth-order valence-electron chi connectivity index (χ4n) is 3.30. The van der Waals surface area contributed by atoms with Crippen LogP contribution in [-0.2, 0) is 6.54 Å². The Morgan fingerprint density at radius 1 is 1.07 bits per heavy atom. The summed E-state index contributed by atoms with van der Waals surface area (Å²) in [5.41, 5.74) is 1.42. The van der Waals surface area contributed by atoms with E-state index in [9.17, 15) is 10.1 Å². The van der Waals surface area contributed by atoms with Gasteiger partial charge in [0, 0.05) is 12.4 Å². The van der Waals surface area contributed by atoms with Crippen molar-refractivity contribution in [1.82, 2.24) is 14.8 Å². The molecule has 0 N–H and O–H groups in total. The maximum absolute atomic E-state index is 13.1. The summed E-state index contributed by atoms with van der Waals surface area (Å²) in [6, 6.07) is 19.6. The van der Waals surface area contributed by atoms with Crippen molar-refractivity contribution in [1.29, 1.82) is 5.26 Å². The van der Waals surface area contributed by atoms with Crippen molar-refractivity contribution in [2.24, 2.45) is 0 Å². The lowest BCUT2D eigenvalue weighted by Gasteiger charge is -2.14. The van der Waals surface area contributed by atoms with E-state index in [1.165, 1.54) is 10.9 Å². The van der Waals surface area contributed by atoms with Crippen LogP contribution in [0.3, 0.4) is 0 Å². The standard InChI is InChI=1S/C22H15ClN4O/c23-20-13-26-27(14-17-7-3-6-15-5-1-2-9-18(15)17)22(28)21(20)19(11-24)16-8-4-10-25-12-16/h1-10,12-13,19H,14H2. The number of nitriles is 1. The molecule has 2 aromatic carbocycles. The summed E-state index contributed by atoms with van der Waals surface area (Å²) in [5.74, 6) is -0.810. The molecule has 136 valence electrons. The minimum atomic E-state index is -0.810. The van der Waals surface area contributed by atoms with Gasteiger partial charge in [-0.25, -0.2) is 4.68 Å². The molecule has 2 aromatic heterocycles. The maximum Gasteiger partial charge on any atom is 0.273 e. The quantitative estimate of drug-likeness (QED) is 0.528. The zero-order chi connectivity index (χ0) is 19.5. The fourth-order valence-corrected chi connectivity index (χ4v) is 3.54. The molecule has 4 rings (SSSR count). The van der Waals surface area contributed by atoms with E-state index in [0.717, 1.165) is 16.3 Å². The second-order valence-electron chi connectivity index (χ2n) is 6.36. The Morgan fingerprint density at radius 2 is 1.89 bits per heavy atom. The lowest BCUT2D eigenvalue weighted by Crippen LogP contribution is -2.28. The van der Waals surface area contributed by atoms with E-state index in [1.54, 1.807) is 24.5 Å². The molecule has 0 aliphatic carbocycles. The van der Waals surface area contributed by atoms with Gasteiger partial charge in [-0.05, 0) is 28.0 Å². The number of nitrogens with zero attached hydrogens (tertiary/aromatic N) is 4. The van der Waals surface area contributed by atoms with Crippen LogP contribution in [0.15, 0.2) is 78.0 Å². The second kappa shape index (κ2) is 7.63. The molecule has 2 heterocycles. The zero-order valence-electron chi connectivity index (χ0n) is 14.8. The molecular weight excluding hydrogens is 372 g/mol. The van der Waals surface area contributed by atoms with Crippen molar-refractivity contribution >= 4 is 22.4 Å². The zero-order valence-corrected chi connectivity index (χ0v) is 15.5. The second-order valence-corrected chi connectivity index (χ2v) is 6.76. The molecule has 0 aliphatic heterocycles. The van der Waals surface area contributed by atoms with Gasteiger partial charge in [-0.15, -0.1) is 0 Å². The number of pyridine rings is 1. The number of benzene rings is 2. The minimum absolute atomic E-state index is 0.176. The lowest BCUT2D eigenvalue weighted by molar-refractivity contribution is 0.631. The summed E-state index contributed by atoms with van der Waals surface area (Å²) in [5, 5.41) is 16.2. The largest absolute Gasteiger partial charge is 0.273 e. The molecule has 1 atom stereocenters. The highest BCUT2D eigenvalue weighted by atomic mass is 35.5. The van der Waals surface area contributed by atoms with Crippen LogP contribution in [-0.4, -0.2) is 14.8 Å². The molecule has 0 spiro atoms. The average molecular weight is 387 g/mol. The van der Waals surface area contributed by atoms with E-state index in [-0.39, 0.29) is 22.7 Å². The van der Waals surface area contributed by atoms with Gasteiger partial charge >= 0.3 is 0 Å². The summed E-state index contributed by atoms with van der Waals surface area (Å²) in [4.78, 5) is 17.2. The first-order valence-electron chi connectivity index (χ1n) is 8.70. The Labute approximate surface area is 166 Å². The van der Waals surface area contributed by atoms with Gasteiger partial charge in [-0.3, -0.25) is 9.78 Å². The van der Waals surface area contributed by atoms with Gasteiger partial charge in [0.05, 0.1) is 29.4 Å². The Bertz CT molecular complexity index is 1240. The van der Waals surface area contributed by atoms with Gasteiger partial charge in [-0.1, -0.05) is 60.1 Å². The van der Waals surface area contributed by atoms with Gasteiger partial charge in [0.1, 0.15) is 5.92 Å². The third-order valence-corrected chi connectivity index (χ3v) is 4.97. The summed E-state index contributed by atoms with van der Waals surface area (Å²) in [6.07, 6.45) is 4.61. The van der Waals surface area contributed by atoms with Crippen LogP contribution in [0.1, 0.15) is 22.6 Å². The van der Waals surface area contributed by atoms with Gasteiger partial charge in [0.15, 0.2) is 0 Å². The number of halogens is 1. The van der Waals surface area contributed by atoms with E-state index < -0.39 is 5.92 Å². The Morgan fingerprint density at radius 3 is 2.68 bits per heavy atom. The van der Waals surface area contributed by atoms with Crippen LogP contribution in [0.5, 0.6) is 0 Å². The molecule has 0 bridgehead atoms. The topological polar surface area (TPSA) is 71.6 Å². The van der Waals surface area contributed by atoms with Crippen molar-refractivity contribution in [3.63, 3.8) is 0 Å². The first-order chi connectivity index (χ1) is 13.7. The molecule has 0 saturated heterocycles. The predicted octanol–water partition coefficient (Wildman–Crippen LogP) is 4.15. The number of rotatable bonds is 4. The first kappa shape index (κ1) is 17.9. The smallest absolute Gasteiger partial charge is 0.267 e. The molecule has 0 aliphatic rings. The number of fused-ring (bicyclic) bond motifs is 1. The van der Waals surface area contributed by atoms with E-state index in [2.05, 4.69) is 16.2 Å². The average Bonchev–Trinajstić information content (AvgIpc) is 2.74. The third-order valence-electron chi connectivity index (χ3n) is 4.67. The summed E-state index contributed by atoms with van der Waals surface area (Å²) in [7, 11) is 0. The van der Waals surface area contributed by atoms with Crippen molar-refractivity contribution in [3.8, 4) is 6.07 Å². The normalized spacial score (nSPS) is 11.9. The molecule has 1 unspecified atom stereocenters. The van der Waals surface area contributed by atoms with Crippen molar-refractivity contribution in [2.75, 3.05) is 0 Å². The Kier molecular flexibility index (Phi) is 4.88. The van der Waals surface area contributed by atoms with Gasteiger partial charge in [0.2, 0.25) is 0 Å². The highest BCUT2D eigenvalue weighted by molar-refractivity contribution is 6.31. The SMILES string of the molecule is N#CC(c1cccnc1)c1c(Cl)cnn(Cc2cccc3ccccc23)c1=O. The Hall–Kier alpha value is -3.49. The van der Waals surface area contributed by atoms with Crippen LogP contribution in [0.4, 0.5) is 0 Å². The van der Waals surface area contributed by atoms with Crippen LogP contribution >= 0.6 is 11.6 Å². The molecular formula is C22H15ClN4O. The lowest BCUT2D eigenvalue weighted by atomic mass is 9.95. The molecule has 28 heavy (non-hydrogen) atoms. The molecule has 4 aromatic rings.